The molecule has 1 unspecified atom stereocenters. The predicted octanol–water partition coefficient (Wildman–Crippen LogP) is 1.79. The van der Waals surface area contributed by atoms with Crippen molar-refractivity contribution < 1.29 is 19.1 Å². The van der Waals surface area contributed by atoms with Gasteiger partial charge in [-0.15, -0.1) is 0 Å². The lowest BCUT2D eigenvalue weighted by molar-refractivity contribution is -0.126. The van der Waals surface area contributed by atoms with Crippen molar-refractivity contribution in [1.82, 2.24) is 4.90 Å². The van der Waals surface area contributed by atoms with E-state index in [9.17, 15) is 14.4 Å². The van der Waals surface area contributed by atoms with Gasteiger partial charge in [0.2, 0.25) is 0 Å². The SMILES string of the molecule is CC(C)(C)OC(=O)N1CCCC(C(=O)CC=O)C1. The number of hydrogen-bond acceptors (Lipinski definition) is 4. The van der Waals surface area contributed by atoms with Gasteiger partial charge in [0.1, 0.15) is 17.7 Å². The van der Waals surface area contributed by atoms with Crippen LogP contribution in [0.1, 0.15) is 40.0 Å². The van der Waals surface area contributed by atoms with Gasteiger partial charge in [-0.2, -0.15) is 0 Å². The molecule has 0 aromatic rings. The molecule has 18 heavy (non-hydrogen) atoms. The van der Waals surface area contributed by atoms with Gasteiger partial charge in [-0.3, -0.25) is 4.79 Å². The van der Waals surface area contributed by atoms with Crippen molar-refractivity contribution in [2.45, 2.75) is 45.6 Å². The summed E-state index contributed by atoms with van der Waals surface area (Å²) >= 11 is 0. The number of carbonyl (C=O) groups excluding carboxylic acids is 3. The predicted molar refractivity (Wildman–Crippen MR) is 66.2 cm³/mol. The highest BCUT2D eigenvalue weighted by atomic mass is 16.6. The fraction of sp³-hybridized carbons (Fsp3) is 0.769. The second kappa shape index (κ2) is 5.98. The van der Waals surface area contributed by atoms with Gasteiger partial charge < -0.3 is 14.4 Å². The molecule has 1 fully saturated rings. The first kappa shape index (κ1) is 14.7. The smallest absolute Gasteiger partial charge is 0.410 e. The van der Waals surface area contributed by atoms with E-state index in [0.717, 1.165) is 12.8 Å². The fourth-order valence-corrected chi connectivity index (χ4v) is 1.98. The van der Waals surface area contributed by atoms with Gasteiger partial charge in [0.05, 0.1) is 6.42 Å². The largest absolute Gasteiger partial charge is 0.444 e. The summed E-state index contributed by atoms with van der Waals surface area (Å²) < 4.78 is 5.27. The molecule has 1 atom stereocenters. The third-order valence-corrected chi connectivity index (χ3v) is 2.81. The van der Waals surface area contributed by atoms with Crippen LogP contribution >= 0.6 is 0 Å². The Morgan fingerprint density at radius 2 is 2.06 bits per heavy atom. The maximum absolute atomic E-state index is 11.9. The van der Waals surface area contributed by atoms with Crippen molar-refractivity contribution in [2.75, 3.05) is 13.1 Å². The van der Waals surface area contributed by atoms with Gasteiger partial charge in [-0.05, 0) is 33.6 Å². The molecule has 0 bridgehead atoms. The molecule has 0 radical (unpaired) electrons. The molecule has 1 heterocycles. The van der Waals surface area contributed by atoms with Crippen LogP contribution < -0.4 is 0 Å². The van der Waals surface area contributed by atoms with Crippen molar-refractivity contribution >= 4 is 18.2 Å². The molecule has 0 aliphatic carbocycles. The molecular formula is C13H21NO4. The third-order valence-electron chi connectivity index (χ3n) is 2.81. The number of hydrogen-bond donors (Lipinski definition) is 0. The van der Waals surface area contributed by atoms with Crippen LogP contribution in [0.3, 0.4) is 0 Å². The van der Waals surface area contributed by atoms with Crippen LogP contribution in [0.2, 0.25) is 0 Å². The van der Waals surface area contributed by atoms with E-state index in [1.165, 1.54) is 0 Å². The molecule has 1 saturated heterocycles. The zero-order valence-corrected chi connectivity index (χ0v) is 11.3. The first-order valence-electron chi connectivity index (χ1n) is 6.28. The minimum absolute atomic E-state index is 0.0627. The Morgan fingerprint density at radius 3 is 2.61 bits per heavy atom. The number of rotatable bonds is 3. The molecule has 0 spiro atoms. The monoisotopic (exact) mass is 255 g/mol. The molecule has 5 nitrogen and oxygen atoms in total. The summed E-state index contributed by atoms with van der Waals surface area (Å²) in [5.41, 5.74) is -0.531. The zero-order chi connectivity index (χ0) is 13.8. The van der Waals surface area contributed by atoms with Crippen LogP contribution in [0, 0.1) is 5.92 Å². The fourth-order valence-electron chi connectivity index (χ4n) is 1.98. The van der Waals surface area contributed by atoms with Crippen molar-refractivity contribution in [1.29, 1.82) is 0 Å². The summed E-state index contributed by atoms with van der Waals surface area (Å²) in [5.74, 6) is -0.310. The Hall–Kier alpha value is -1.39. The maximum Gasteiger partial charge on any atom is 0.410 e. The van der Waals surface area contributed by atoms with E-state index in [-0.39, 0.29) is 24.2 Å². The molecule has 0 aromatic heterocycles. The summed E-state index contributed by atoms with van der Waals surface area (Å²) in [7, 11) is 0. The molecule has 0 saturated carbocycles. The van der Waals surface area contributed by atoms with Gasteiger partial charge in [0, 0.05) is 19.0 Å². The van der Waals surface area contributed by atoms with Gasteiger partial charge >= 0.3 is 6.09 Å². The Bertz CT molecular complexity index is 332. The first-order valence-corrected chi connectivity index (χ1v) is 6.28. The average molecular weight is 255 g/mol. The minimum atomic E-state index is -0.531. The number of amides is 1. The third kappa shape index (κ3) is 4.47. The summed E-state index contributed by atoms with van der Waals surface area (Å²) in [6.45, 7) is 6.40. The number of ether oxygens (including phenoxy) is 1. The van der Waals surface area contributed by atoms with Crippen LogP contribution in [0.15, 0.2) is 0 Å². The highest BCUT2D eigenvalue weighted by molar-refractivity contribution is 5.91. The van der Waals surface area contributed by atoms with Gasteiger partial charge in [-0.25, -0.2) is 4.79 Å². The Morgan fingerprint density at radius 1 is 1.39 bits per heavy atom. The topological polar surface area (TPSA) is 63.7 Å². The van der Waals surface area contributed by atoms with E-state index in [1.807, 2.05) is 20.8 Å². The summed E-state index contributed by atoms with van der Waals surface area (Å²) in [6, 6.07) is 0. The quantitative estimate of drug-likeness (QED) is 0.569. The Balaban J connectivity index is 2.55. The van der Waals surface area contributed by atoms with E-state index in [4.69, 9.17) is 4.74 Å². The molecule has 1 aliphatic rings. The van der Waals surface area contributed by atoms with Crippen molar-refractivity contribution in [3.63, 3.8) is 0 Å². The van der Waals surface area contributed by atoms with Crippen molar-refractivity contribution in [3.05, 3.63) is 0 Å². The number of piperidine rings is 1. The zero-order valence-electron chi connectivity index (χ0n) is 11.3. The Labute approximate surface area is 107 Å². The van der Waals surface area contributed by atoms with Crippen LogP contribution in [0.25, 0.3) is 0 Å². The lowest BCUT2D eigenvalue weighted by atomic mass is 9.93. The van der Waals surface area contributed by atoms with E-state index in [1.54, 1.807) is 4.90 Å². The second-order valence-electron chi connectivity index (χ2n) is 5.60. The molecule has 102 valence electrons. The number of Topliss-reactive ketones (excluding diaryl/α,β-unsaturated/α-hetero) is 1. The number of ketones is 1. The summed E-state index contributed by atoms with van der Waals surface area (Å²) in [6.07, 6.45) is 1.69. The van der Waals surface area contributed by atoms with Crippen molar-refractivity contribution in [2.24, 2.45) is 5.92 Å². The van der Waals surface area contributed by atoms with Crippen LogP contribution in [0.4, 0.5) is 4.79 Å². The summed E-state index contributed by atoms with van der Waals surface area (Å²) in [4.78, 5) is 35.4. The van der Waals surface area contributed by atoms with Gasteiger partial charge in [0.15, 0.2) is 0 Å². The highest BCUT2D eigenvalue weighted by Crippen LogP contribution is 2.20. The number of likely N-dealkylation sites (tertiary alicyclic amines) is 1. The van der Waals surface area contributed by atoms with E-state index in [0.29, 0.717) is 19.4 Å². The molecular weight excluding hydrogens is 234 g/mol. The molecule has 0 N–H and O–H groups in total. The first-order chi connectivity index (χ1) is 8.33. The standard InChI is InChI=1S/C13H21NO4/c1-13(2,3)18-12(17)14-7-4-5-10(9-14)11(16)6-8-15/h8,10H,4-7,9H2,1-3H3. The van der Waals surface area contributed by atoms with E-state index in [2.05, 4.69) is 0 Å². The van der Waals surface area contributed by atoms with E-state index < -0.39 is 5.60 Å². The normalized spacial score (nSPS) is 20.4. The van der Waals surface area contributed by atoms with Crippen LogP contribution in [-0.2, 0) is 14.3 Å². The lowest BCUT2D eigenvalue weighted by Crippen LogP contribution is -2.44. The van der Waals surface area contributed by atoms with Crippen molar-refractivity contribution in [3.8, 4) is 0 Å². The molecule has 1 aliphatic heterocycles. The number of carbonyl (C=O) groups is 3. The average Bonchev–Trinajstić information content (AvgIpc) is 2.27. The molecule has 0 aromatic carbocycles. The lowest BCUT2D eigenvalue weighted by Gasteiger charge is -2.33. The van der Waals surface area contributed by atoms with Crippen LogP contribution in [-0.4, -0.2) is 41.8 Å². The maximum atomic E-state index is 11.9. The van der Waals surface area contributed by atoms with E-state index >= 15 is 0 Å². The van der Waals surface area contributed by atoms with Crippen LogP contribution in [0.5, 0.6) is 0 Å². The summed E-state index contributed by atoms with van der Waals surface area (Å²) in [5, 5.41) is 0. The Kier molecular flexibility index (Phi) is 4.87. The minimum Gasteiger partial charge on any atom is -0.444 e. The second-order valence-corrected chi connectivity index (χ2v) is 5.60. The molecule has 1 rings (SSSR count). The highest BCUT2D eigenvalue weighted by Gasteiger charge is 2.30. The molecule has 5 heteroatoms. The van der Waals surface area contributed by atoms with Gasteiger partial charge in [0.25, 0.3) is 0 Å². The molecule has 1 amide bonds. The number of nitrogens with zero attached hydrogens (tertiary/aromatic N) is 1. The van der Waals surface area contributed by atoms with Gasteiger partial charge in [-0.1, -0.05) is 0 Å². The number of aldehydes is 1.